The zero-order chi connectivity index (χ0) is 21.1. The van der Waals surface area contributed by atoms with Crippen molar-refractivity contribution in [2.24, 2.45) is 0 Å². The van der Waals surface area contributed by atoms with Gasteiger partial charge >= 0.3 is 0 Å². The molecule has 2 amide bonds. The van der Waals surface area contributed by atoms with E-state index in [1.54, 1.807) is 4.90 Å². The molecule has 2 aromatic carbocycles. The number of carbonyl (C=O) groups excluding carboxylic acids is 2. The molecular formula is C22H22ClFN4O2. The van der Waals surface area contributed by atoms with Crippen LogP contribution in [0.4, 0.5) is 10.1 Å². The number of aromatic amines is 1. The van der Waals surface area contributed by atoms with Crippen LogP contribution in [0.1, 0.15) is 42.6 Å². The van der Waals surface area contributed by atoms with E-state index >= 15 is 0 Å². The summed E-state index contributed by atoms with van der Waals surface area (Å²) in [6.07, 6.45) is 3.15. The number of nitrogens with zero attached hydrogens (tertiary/aromatic N) is 2. The number of aromatic nitrogens is 2. The lowest BCUT2D eigenvalue weighted by atomic mass is 10.0. The van der Waals surface area contributed by atoms with E-state index < -0.39 is 5.82 Å². The van der Waals surface area contributed by atoms with Gasteiger partial charge in [0.15, 0.2) is 5.69 Å². The van der Waals surface area contributed by atoms with Crippen LogP contribution in [0.3, 0.4) is 0 Å². The van der Waals surface area contributed by atoms with Gasteiger partial charge in [-0.2, -0.15) is 5.10 Å². The molecule has 0 spiro atoms. The van der Waals surface area contributed by atoms with E-state index in [0.29, 0.717) is 24.3 Å². The second-order valence-corrected chi connectivity index (χ2v) is 7.87. The van der Waals surface area contributed by atoms with Gasteiger partial charge < -0.3 is 10.2 Å². The summed E-state index contributed by atoms with van der Waals surface area (Å²) in [7, 11) is 0. The number of amides is 2. The zero-order valence-electron chi connectivity index (χ0n) is 16.3. The Morgan fingerprint density at radius 2 is 2.03 bits per heavy atom. The molecule has 156 valence electrons. The summed E-state index contributed by atoms with van der Waals surface area (Å²) in [5.41, 5.74) is 1.68. The molecule has 6 nitrogen and oxygen atoms in total. The molecule has 1 aliphatic heterocycles. The molecule has 1 atom stereocenters. The van der Waals surface area contributed by atoms with Crippen molar-refractivity contribution in [1.29, 1.82) is 0 Å². The topological polar surface area (TPSA) is 78.1 Å². The van der Waals surface area contributed by atoms with Crippen molar-refractivity contribution < 1.29 is 14.0 Å². The van der Waals surface area contributed by atoms with Crippen molar-refractivity contribution in [3.05, 3.63) is 59.0 Å². The molecule has 4 rings (SSSR count). The summed E-state index contributed by atoms with van der Waals surface area (Å²) >= 11 is 6.16. The lowest BCUT2D eigenvalue weighted by molar-refractivity contribution is -0.118. The first-order valence-corrected chi connectivity index (χ1v) is 10.4. The van der Waals surface area contributed by atoms with E-state index in [1.807, 2.05) is 24.3 Å². The van der Waals surface area contributed by atoms with E-state index in [4.69, 9.17) is 11.6 Å². The van der Waals surface area contributed by atoms with Crippen LogP contribution in [0.15, 0.2) is 42.5 Å². The predicted molar refractivity (Wildman–Crippen MR) is 114 cm³/mol. The fourth-order valence-corrected chi connectivity index (χ4v) is 4.12. The fraction of sp³-hybridized carbons (Fsp3) is 0.318. The zero-order valence-corrected chi connectivity index (χ0v) is 17.1. The van der Waals surface area contributed by atoms with Crippen LogP contribution >= 0.6 is 11.6 Å². The third kappa shape index (κ3) is 4.31. The molecule has 0 bridgehead atoms. The van der Waals surface area contributed by atoms with Crippen LogP contribution in [0.25, 0.3) is 10.9 Å². The number of benzene rings is 2. The molecule has 0 saturated carbocycles. The van der Waals surface area contributed by atoms with E-state index in [9.17, 15) is 14.0 Å². The summed E-state index contributed by atoms with van der Waals surface area (Å²) < 4.78 is 13.4. The maximum atomic E-state index is 13.4. The molecule has 1 aliphatic rings. The van der Waals surface area contributed by atoms with Gasteiger partial charge in [0, 0.05) is 24.4 Å². The van der Waals surface area contributed by atoms with Crippen LogP contribution < -0.4 is 10.2 Å². The molecule has 1 saturated heterocycles. The number of halogens is 2. The number of H-pyrrole nitrogens is 1. The Morgan fingerprint density at radius 3 is 2.87 bits per heavy atom. The molecule has 2 N–H and O–H groups in total. The Kier molecular flexibility index (Phi) is 5.99. The minimum Gasteiger partial charge on any atom is -0.348 e. The van der Waals surface area contributed by atoms with Crippen molar-refractivity contribution in [2.45, 2.75) is 38.1 Å². The summed E-state index contributed by atoms with van der Waals surface area (Å²) in [6.45, 7) is 0.509. The first-order chi connectivity index (χ1) is 14.5. The van der Waals surface area contributed by atoms with E-state index in [-0.39, 0.29) is 29.3 Å². The van der Waals surface area contributed by atoms with Crippen LogP contribution in [0.5, 0.6) is 0 Å². The maximum Gasteiger partial charge on any atom is 0.272 e. The highest BCUT2D eigenvalue weighted by atomic mass is 35.5. The molecule has 30 heavy (non-hydrogen) atoms. The highest BCUT2D eigenvalue weighted by Gasteiger charge is 2.24. The number of anilines is 1. The van der Waals surface area contributed by atoms with Gasteiger partial charge in [0.2, 0.25) is 5.91 Å². The highest BCUT2D eigenvalue weighted by molar-refractivity contribution is 6.33. The number of nitrogens with one attached hydrogen (secondary N) is 2. The van der Waals surface area contributed by atoms with Crippen LogP contribution in [0, 0.1) is 5.82 Å². The lowest BCUT2D eigenvalue weighted by Crippen LogP contribution is -2.36. The van der Waals surface area contributed by atoms with Crippen molar-refractivity contribution in [2.75, 3.05) is 11.4 Å². The van der Waals surface area contributed by atoms with Gasteiger partial charge in [-0.3, -0.25) is 14.7 Å². The monoisotopic (exact) mass is 428 g/mol. The van der Waals surface area contributed by atoms with Gasteiger partial charge in [0.1, 0.15) is 5.82 Å². The molecule has 1 aromatic heterocycles. The third-order valence-electron chi connectivity index (χ3n) is 5.41. The molecule has 2 heterocycles. The van der Waals surface area contributed by atoms with Crippen molar-refractivity contribution in [3.63, 3.8) is 0 Å². The number of hydrogen-bond donors (Lipinski definition) is 2. The predicted octanol–water partition coefficient (Wildman–Crippen LogP) is 4.45. The van der Waals surface area contributed by atoms with Gasteiger partial charge in [-0.25, -0.2) is 4.39 Å². The van der Waals surface area contributed by atoms with Crippen molar-refractivity contribution >= 4 is 40.0 Å². The molecule has 8 heteroatoms. The SMILES string of the molecule is O=C(N[C@@H]1CCCCN(c2ccc(F)cc2Cl)C(=O)CC1)c1n[nH]c2ccccc12. The molecular weight excluding hydrogens is 407 g/mol. The van der Waals surface area contributed by atoms with Crippen LogP contribution in [0.2, 0.25) is 5.02 Å². The fourth-order valence-electron chi connectivity index (χ4n) is 3.85. The second-order valence-electron chi connectivity index (χ2n) is 7.46. The van der Waals surface area contributed by atoms with Gasteiger partial charge in [0.05, 0.1) is 16.2 Å². The smallest absolute Gasteiger partial charge is 0.272 e. The van der Waals surface area contributed by atoms with Gasteiger partial charge in [-0.1, -0.05) is 29.8 Å². The second kappa shape index (κ2) is 8.83. The summed E-state index contributed by atoms with van der Waals surface area (Å²) in [4.78, 5) is 27.2. The minimum atomic E-state index is -0.436. The first-order valence-electron chi connectivity index (χ1n) is 10.0. The lowest BCUT2D eigenvalue weighted by Gasteiger charge is -2.23. The molecule has 1 fully saturated rings. The Balaban J connectivity index is 1.45. The quantitative estimate of drug-likeness (QED) is 0.646. The van der Waals surface area contributed by atoms with E-state index in [0.717, 1.165) is 30.2 Å². The van der Waals surface area contributed by atoms with Gasteiger partial charge in [-0.05, 0) is 49.9 Å². The number of para-hydroxylation sites is 1. The Bertz CT molecular complexity index is 1080. The normalized spacial score (nSPS) is 18.0. The number of hydrogen-bond acceptors (Lipinski definition) is 3. The van der Waals surface area contributed by atoms with Crippen LogP contribution in [-0.2, 0) is 4.79 Å². The molecule has 0 unspecified atom stereocenters. The maximum absolute atomic E-state index is 13.4. The molecule has 3 aromatic rings. The van der Waals surface area contributed by atoms with Crippen LogP contribution in [-0.4, -0.2) is 34.6 Å². The largest absolute Gasteiger partial charge is 0.348 e. The van der Waals surface area contributed by atoms with Gasteiger partial charge in [-0.15, -0.1) is 0 Å². The molecule has 0 aliphatic carbocycles. The van der Waals surface area contributed by atoms with E-state index in [1.165, 1.54) is 18.2 Å². The minimum absolute atomic E-state index is 0.0881. The van der Waals surface area contributed by atoms with Crippen molar-refractivity contribution in [1.82, 2.24) is 15.5 Å². The number of carbonyl (C=O) groups is 2. The van der Waals surface area contributed by atoms with Gasteiger partial charge in [0.25, 0.3) is 5.91 Å². The van der Waals surface area contributed by atoms with E-state index in [2.05, 4.69) is 15.5 Å². The highest BCUT2D eigenvalue weighted by Crippen LogP contribution is 2.29. The molecule has 0 radical (unpaired) electrons. The van der Waals surface area contributed by atoms with Crippen molar-refractivity contribution in [3.8, 4) is 0 Å². The first kappa shape index (κ1) is 20.3. The third-order valence-corrected chi connectivity index (χ3v) is 5.72. The number of fused-ring (bicyclic) bond motifs is 1. The summed E-state index contributed by atoms with van der Waals surface area (Å²) in [5.74, 6) is -0.772. The number of rotatable bonds is 3. The summed E-state index contributed by atoms with van der Waals surface area (Å²) in [5, 5.41) is 11.0. The average Bonchev–Trinajstić information content (AvgIpc) is 3.18. The Labute approximate surface area is 178 Å². The average molecular weight is 429 g/mol. The Morgan fingerprint density at radius 1 is 1.20 bits per heavy atom. The standard InChI is InChI=1S/C22H22ClFN4O2/c23-17-13-14(24)8-10-19(17)28-12-4-3-5-15(9-11-20(28)29)25-22(30)21-16-6-1-2-7-18(16)26-27-21/h1-2,6-8,10,13,15H,3-5,9,11-12H2,(H,25,30)(H,26,27)/t15-/m1/s1. The Hall–Kier alpha value is -2.93. The summed E-state index contributed by atoms with van der Waals surface area (Å²) in [6, 6.07) is 11.4.